The van der Waals surface area contributed by atoms with Gasteiger partial charge in [0.15, 0.2) is 0 Å². The van der Waals surface area contributed by atoms with E-state index >= 15 is 0 Å². The Morgan fingerprint density at radius 3 is 2.38 bits per heavy atom. The maximum atomic E-state index is 8.27. The molecule has 0 saturated heterocycles. The summed E-state index contributed by atoms with van der Waals surface area (Å²) >= 11 is 11.5. The van der Waals surface area contributed by atoms with E-state index in [9.17, 15) is 0 Å². The Hall–Kier alpha value is -0.910. The van der Waals surface area contributed by atoms with Gasteiger partial charge in [0.1, 0.15) is 12.4 Å². The fraction of sp³-hybridized carbons (Fsp3) is 0.222. The molecule has 1 rings (SSSR count). The van der Waals surface area contributed by atoms with Crippen LogP contribution in [0.5, 0.6) is 5.75 Å². The lowest BCUT2D eigenvalue weighted by atomic mass is 10.3. The highest BCUT2D eigenvalue weighted by atomic mass is 35.5. The topological polar surface area (TPSA) is 33.0 Å². The van der Waals surface area contributed by atoms with Crippen molar-refractivity contribution in [2.75, 3.05) is 6.61 Å². The Kier molecular flexibility index (Phi) is 3.88. The number of rotatable bonds is 3. The van der Waals surface area contributed by atoms with Crippen LogP contribution in [0.4, 0.5) is 0 Å². The second kappa shape index (κ2) is 4.96. The molecule has 0 heterocycles. The van der Waals surface area contributed by atoms with Crippen molar-refractivity contribution in [2.45, 2.75) is 6.42 Å². The van der Waals surface area contributed by atoms with Gasteiger partial charge in [0.05, 0.1) is 12.5 Å². The summed E-state index contributed by atoms with van der Waals surface area (Å²) in [6.07, 6.45) is 0.351. The molecule has 0 aromatic heterocycles. The average Bonchev–Trinajstić information content (AvgIpc) is 2.03. The van der Waals surface area contributed by atoms with Gasteiger partial charge in [-0.25, -0.2) is 0 Å². The number of nitriles is 1. The zero-order chi connectivity index (χ0) is 9.68. The first kappa shape index (κ1) is 10.2. The quantitative estimate of drug-likeness (QED) is 0.726. The molecule has 13 heavy (non-hydrogen) atoms. The van der Waals surface area contributed by atoms with Crippen LogP contribution < -0.4 is 4.74 Å². The summed E-state index contributed by atoms with van der Waals surface area (Å²) in [6, 6.07) is 6.92. The van der Waals surface area contributed by atoms with Gasteiger partial charge in [0.25, 0.3) is 0 Å². The summed E-state index contributed by atoms with van der Waals surface area (Å²) in [5, 5.41) is 9.33. The largest absolute Gasteiger partial charge is 0.492 e. The van der Waals surface area contributed by atoms with E-state index < -0.39 is 0 Å². The van der Waals surface area contributed by atoms with Crippen molar-refractivity contribution >= 4 is 23.2 Å². The Morgan fingerprint density at radius 2 is 1.85 bits per heavy atom. The van der Waals surface area contributed by atoms with E-state index in [1.807, 2.05) is 6.07 Å². The molecule has 68 valence electrons. The van der Waals surface area contributed by atoms with Gasteiger partial charge in [-0.15, -0.1) is 0 Å². The molecular weight excluding hydrogens is 209 g/mol. The lowest BCUT2D eigenvalue weighted by Gasteiger charge is -2.04. The van der Waals surface area contributed by atoms with Crippen LogP contribution in [0.15, 0.2) is 18.2 Å². The lowest BCUT2D eigenvalue weighted by Crippen LogP contribution is -1.95. The average molecular weight is 216 g/mol. The first-order valence-corrected chi connectivity index (χ1v) is 4.44. The van der Waals surface area contributed by atoms with Gasteiger partial charge in [0, 0.05) is 10.0 Å². The minimum atomic E-state index is 0.351. The molecule has 0 saturated carbocycles. The van der Waals surface area contributed by atoms with E-state index in [4.69, 9.17) is 33.2 Å². The molecule has 0 fully saturated rings. The molecule has 4 heteroatoms. The molecule has 0 atom stereocenters. The van der Waals surface area contributed by atoms with Crippen molar-refractivity contribution in [1.82, 2.24) is 0 Å². The number of hydrogen-bond donors (Lipinski definition) is 0. The van der Waals surface area contributed by atoms with Crippen LogP contribution in [0.2, 0.25) is 10.0 Å². The van der Waals surface area contributed by atoms with Crippen LogP contribution in [0, 0.1) is 11.3 Å². The number of hydrogen-bond acceptors (Lipinski definition) is 2. The van der Waals surface area contributed by atoms with Crippen molar-refractivity contribution in [3.8, 4) is 11.8 Å². The molecule has 1 aromatic carbocycles. The van der Waals surface area contributed by atoms with Crippen LogP contribution >= 0.6 is 23.2 Å². The molecule has 0 N–H and O–H groups in total. The van der Waals surface area contributed by atoms with Gasteiger partial charge in [-0.05, 0) is 18.2 Å². The summed E-state index contributed by atoms with van der Waals surface area (Å²) in [4.78, 5) is 0. The smallest absolute Gasteiger partial charge is 0.122 e. The first-order chi connectivity index (χ1) is 6.22. The van der Waals surface area contributed by atoms with Gasteiger partial charge >= 0.3 is 0 Å². The summed E-state index contributed by atoms with van der Waals surface area (Å²) in [5.41, 5.74) is 0. The van der Waals surface area contributed by atoms with E-state index in [-0.39, 0.29) is 0 Å². The summed E-state index contributed by atoms with van der Waals surface area (Å²) in [6.45, 7) is 0.354. The number of nitrogens with zero attached hydrogens (tertiary/aromatic N) is 1. The molecule has 0 aliphatic carbocycles. The van der Waals surface area contributed by atoms with Gasteiger partial charge in [0.2, 0.25) is 0 Å². The second-order valence-electron chi connectivity index (χ2n) is 2.36. The van der Waals surface area contributed by atoms with E-state index in [0.29, 0.717) is 28.8 Å². The van der Waals surface area contributed by atoms with Crippen molar-refractivity contribution in [3.63, 3.8) is 0 Å². The minimum absolute atomic E-state index is 0.351. The van der Waals surface area contributed by atoms with E-state index in [0.717, 1.165) is 0 Å². The first-order valence-electron chi connectivity index (χ1n) is 3.68. The Bertz CT molecular complexity index is 313. The summed E-state index contributed by atoms with van der Waals surface area (Å²) in [7, 11) is 0. The monoisotopic (exact) mass is 215 g/mol. The van der Waals surface area contributed by atoms with E-state index in [1.54, 1.807) is 18.2 Å². The number of benzene rings is 1. The highest BCUT2D eigenvalue weighted by Gasteiger charge is 1.98. The molecule has 0 radical (unpaired) electrons. The van der Waals surface area contributed by atoms with Crippen LogP contribution in [0.1, 0.15) is 6.42 Å². The third kappa shape index (κ3) is 3.54. The highest BCUT2D eigenvalue weighted by molar-refractivity contribution is 6.34. The van der Waals surface area contributed by atoms with Crippen molar-refractivity contribution in [3.05, 3.63) is 28.2 Å². The van der Waals surface area contributed by atoms with Gasteiger partial charge < -0.3 is 4.74 Å². The molecule has 2 nitrogen and oxygen atoms in total. The van der Waals surface area contributed by atoms with Crippen LogP contribution in [-0.2, 0) is 0 Å². The van der Waals surface area contributed by atoms with Crippen LogP contribution in [0.25, 0.3) is 0 Å². The van der Waals surface area contributed by atoms with Crippen molar-refractivity contribution in [2.24, 2.45) is 0 Å². The van der Waals surface area contributed by atoms with Gasteiger partial charge in [-0.2, -0.15) is 5.26 Å². The van der Waals surface area contributed by atoms with Crippen LogP contribution in [-0.4, -0.2) is 6.61 Å². The molecule has 0 aliphatic heterocycles. The summed E-state index contributed by atoms with van der Waals surface area (Å²) < 4.78 is 5.22. The highest BCUT2D eigenvalue weighted by Crippen LogP contribution is 2.24. The maximum Gasteiger partial charge on any atom is 0.122 e. The normalized spacial score (nSPS) is 9.31. The van der Waals surface area contributed by atoms with Crippen molar-refractivity contribution in [1.29, 1.82) is 5.26 Å². The number of ether oxygens (including phenoxy) is 1. The Balaban J connectivity index is 2.62. The second-order valence-corrected chi connectivity index (χ2v) is 3.23. The zero-order valence-corrected chi connectivity index (χ0v) is 8.27. The van der Waals surface area contributed by atoms with Gasteiger partial charge in [-0.1, -0.05) is 23.2 Å². The number of halogens is 2. The SMILES string of the molecule is N#CCCOc1cc(Cl)cc(Cl)c1. The molecule has 0 aliphatic rings. The molecule has 0 unspecified atom stereocenters. The van der Waals surface area contributed by atoms with Crippen LogP contribution in [0.3, 0.4) is 0 Å². The lowest BCUT2D eigenvalue weighted by molar-refractivity contribution is 0.326. The zero-order valence-electron chi connectivity index (χ0n) is 6.76. The minimum Gasteiger partial charge on any atom is -0.492 e. The molecule has 0 amide bonds. The van der Waals surface area contributed by atoms with Gasteiger partial charge in [-0.3, -0.25) is 0 Å². The summed E-state index contributed by atoms with van der Waals surface area (Å²) in [5.74, 6) is 0.591. The third-order valence-corrected chi connectivity index (χ3v) is 1.76. The Labute approximate surface area is 86.6 Å². The maximum absolute atomic E-state index is 8.27. The molecule has 1 aromatic rings. The molecule has 0 spiro atoms. The Morgan fingerprint density at radius 1 is 1.23 bits per heavy atom. The van der Waals surface area contributed by atoms with E-state index in [1.165, 1.54) is 0 Å². The predicted octanol–water partition coefficient (Wildman–Crippen LogP) is 3.29. The third-order valence-electron chi connectivity index (χ3n) is 1.32. The van der Waals surface area contributed by atoms with E-state index in [2.05, 4.69) is 0 Å². The predicted molar refractivity (Wildman–Crippen MR) is 52.2 cm³/mol. The fourth-order valence-corrected chi connectivity index (χ4v) is 1.33. The van der Waals surface area contributed by atoms with Crippen molar-refractivity contribution < 1.29 is 4.74 Å². The standard InChI is InChI=1S/C9H7Cl2NO/c10-7-4-8(11)6-9(5-7)13-3-1-2-12/h4-6H,1,3H2. The molecular formula is C9H7Cl2NO. The molecule has 0 bridgehead atoms. The fourth-order valence-electron chi connectivity index (χ4n) is 0.826.